The summed E-state index contributed by atoms with van der Waals surface area (Å²) in [5, 5.41) is 4.86. The summed E-state index contributed by atoms with van der Waals surface area (Å²) < 4.78 is 1.07. The van der Waals surface area contributed by atoms with Crippen LogP contribution in [0.25, 0.3) is 0 Å². The van der Waals surface area contributed by atoms with Gasteiger partial charge in [0.1, 0.15) is 0 Å². The lowest BCUT2D eigenvalue weighted by Crippen LogP contribution is -2.36. The van der Waals surface area contributed by atoms with Crippen LogP contribution in [0.15, 0.2) is 15.9 Å². The molecule has 15 heavy (non-hydrogen) atoms. The van der Waals surface area contributed by atoms with Gasteiger partial charge in [-0.05, 0) is 28.4 Å². The third kappa shape index (κ3) is 4.22. The van der Waals surface area contributed by atoms with Gasteiger partial charge in [-0.15, -0.1) is 11.3 Å². The Labute approximate surface area is 103 Å². The number of hydrogen-bond donors (Lipinski definition) is 1. The minimum absolute atomic E-state index is 0.0126. The largest absolute Gasteiger partial charge is 0.338 e. The number of nitrogens with zero attached hydrogens (tertiary/aromatic N) is 1. The van der Waals surface area contributed by atoms with Gasteiger partial charge in [0.2, 0.25) is 0 Å². The molecule has 1 aromatic heterocycles. The van der Waals surface area contributed by atoms with Crippen molar-refractivity contribution in [3.05, 3.63) is 20.8 Å². The highest BCUT2D eigenvalue weighted by atomic mass is 79.9. The second kappa shape index (κ2) is 6.12. The first-order chi connectivity index (χ1) is 7.13. The molecule has 1 heterocycles. The van der Waals surface area contributed by atoms with E-state index in [2.05, 4.69) is 21.2 Å². The van der Waals surface area contributed by atoms with Gasteiger partial charge in [0.05, 0.1) is 6.54 Å². The number of urea groups is 1. The molecule has 0 aromatic carbocycles. The van der Waals surface area contributed by atoms with E-state index in [0.717, 1.165) is 17.4 Å². The Hall–Kier alpha value is -0.550. The molecule has 84 valence electrons. The molecule has 3 nitrogen and oxygen atoms in total. The Morgan fingerprint density at radius 2 is 2.40 bits per heavy atom. The van der Waals surface area contributed by atoms with E-state index in [0.29, 0.717) is 6.54 Å². The molecule has 0 spiro atoms. The fourth-order valence-corrected chi connectivity index (χ4v) is 2.61. The van der Waals surface area contributed by atoms with E-state index in [-0.39, 0.29) is 6.03 Å². The van der Waals surface area contributed by atoms with Crippen LogP contribution in [0.2, 0.25) is 0 Å². The van der Waals surface area contributed by atoms with Crippen molar-refractivity contribution >= 4 is 33.3 Å². The summed E-state index contributed by atoms with van der Waals surface area (Å²) in [5.74, 6) is 0. The zero-order chi connectivity index (χ0) is 11.3. The molecule has 0 saturated heterocycles. The molecule has 5 heteroatoms. The summed E-state index contributed by atoms with van der Waals surface area (Å²) >= 11 is 5.04. The van der Waals surface area contributed by atoms with Crippen LogP contribution in [0.5, 0.6) is 0 Å². The average molecular weight is 291 g/mol. The number of nitrogens with one attached hydrogen (secondary N) is 1. The Morgan fingerprint density at radius 3 is 2.93 bits per heavy atom. The predicted molar refractivity (Wildman–Crippen MR) is 67.2 cm³/mol. The molecule has 0 bridgehead atoms. The fraction of sp³-hybridized carbons (Fsp3) is 0.500. The van der Waals surface area contributed by atoms with Gasteiger partial charge in [-0.1, -0.05) is 6.92 Å². The second-order valence-corrected chi connectivity index (χ2v) is 5.23. The van der Waals surface area contributed by atoms with Crippen LogP contribution in [0, 0.1) is 0 Å². The van der Waals surface area contributed by atoms with Gasteiger partial charge in [-0.25, -0.2) is 4.79 Å². The minimum atomic E-state index is -0.0126. The van der Waals surface area contributed by atoms with Gasteiger partial charge in [0, 0.05) is 28.3 Å². The molecular formula is C10H15BrN2OS. The summed E-state index contributed by atoms with van der Waals surface area (Å²) in [4.78, 5) is 14.4. The lowest BCUT2D eigenvalue weighted by atomic mass is 10.4. The normalized spacial score (nSPS) is 10.1. The smallest absolute Gasteiger partial charge is 0.317 e. The van der Waals surface area contributed by atoms with Crippen molar-refractivity contribution in [3.63, 3.8) is 0 Å². The van der Waals surface area contributed by atoms with E-state index < -0.39 is 0 Å². The van der Waals surface area contributed by atoms with E-state index in [9.17, 15) is 4.79 Å². The van der Waals surface area contributed by atoms with Crippen molar-refractivity contribution in [1.29, 1.82) is 0 Å². The summed E-state index contributed by atoms with van der Waals surface area (Å²) in [6, 6.07) is 2.02. The highest BCUT2D eigenvalue weighted by Gasteiger charge is 2.08. The van der Waals surface area contributed by atoms with Crippen molar-refractivity contribution in [1.82, 2.24) is 10.2 Å². The number of rotatable bonds is 4. The number of carbonyl (C=O) groups is 1. The molecule has 2 amide bonds. The van der Waals surface area contributed by atoms with Crippen molar-refractivity contribution in [2.45, 2.75) is 19.9 Å². The van der Waals surface area contributed by atoms with Gasteiger partial charge in [-0.3, -0.25) is 0 Å². The second-order valence-electron chi connectivity index (χ2n) is 3.32. The van der Waals surface area contributed by atoms with Crippen LogP contribution in [0.4, 0.5) is 4.79 Å². The predicted octanol–water partition coefficient (Wildman–Crippen LogP) is 3.06. The summed E-state index contributed by atoms with van der Waals surface area (Å²) in [7, 11) is 1.80. The lowest BCUT2D eigenvalue weighted by molar-refractivity contribution is 0.207. The van der Waals surface area contributed by atoms with Gasteiger partial charge in [-0.2, -0.15) is 0 Å². The molecule has 1 aromatic rings. The summed E-state index contributed by atoms with van der Waals surface area (Å²) in [6.45, 7) is 3.43. The SMILES string of the molecule is CCCNC(=O)N(C)Cc1cc(Br)cs1. The number of hydrogen-bond acceptors (Lipinski definition) is 2. The maximum atomic E-state index is 11.5. The molecule has 0 saturated carbocycles. The van der Waals surface area contributed by atoms with Crippen molar-refractivity contribution in [2.24, 2.45) is 0 Å². The lowest BCUT2D eigenvalue weighted by Gasteiger charge is -2.16. The Morgan fingerprint density at radius 1 is 1.67 bits per heavy atom. The molecule has 0 unspecified atom stereocenters. The van der Waals surface area contributed by atoms with Crippen LogP contribution in [0.3, 0.4) is 0 Å². The van der Waals surface area contributed by atoms with Crippen molar-refractivity contribution in [3.8, 4) is 0 Å². The highest BCUT2D eigenvalue weighted by molar-refractivity contribution is 9.10. The molecule has 0 aliphatic heterocycles. The van der Waals surface area contributed by atoms with E-state index in [1.807, 2.05) is 18.4 Å². The molecular weight excluding hydrogens is 276 g/mol. The number of halogens is 1. The van der Waals surface area contributed by atoms with Gasteiger partial charge < -0.3 is 10.2 Å². The molecule has 0 aliphatic rings. The third-order valence-corrected chi connectivity index (χ3v) is 3.57. The van der Waals surface area contributed by atoms with Crippen LogP contribution in [-0.4, -0.2) is 24.5 Å². The first-order valence-corrected chi connectivity index (χ1v) is 6.52. The van der Waals surface area contributed by atoms with E-state index in [4.69, 9.17) is 0 Å². The monoisotopic (exact) mass is 290 g/mol. The Bertz CT molecular complexity index is 327. The molecule has 0 fully saturated rings. The van der Waals surface area contributed by atoms with Gasteiger partial charge >= 0.3 is 6.03 Å². The number of carbonyl (C=O) groups excluding carboxylic acids is 1. The van der Waals surface area contributed by atoms with Crippen LogP contribution in [-0.2, 0) is 6.54 Å². The number of amides is 2. The molecule has 0 atom stereocenters. The molecule has 1 rings (SSSR count). The topological polar surface area (TPSA) is 32.3 Å². The standard InChI is InChI=1S/C10H15BrN2OS/c1-3-4-12-10(14)13(2)6-9-5-8(11)7-15-9/h5,7H,3-4,6H2,1-2H3,(H,12,14). The van der Waals surface area contributed by atoms with Crippen molar-refractivity contribution < 1.29 is 4.79 Å². The zero-order valence-corrected chi connectivity index (χ0v) is 11.3. The van der Waals surface area contributed by atoms with Crippen LogP contribution < -0.4 is 5.32 Å². The molecule has 0 radical (unpaired) electrons. The summed E-state index contributed by atoms with van der Waals surface area (Å²) in [6.07, 6.45) is 0.962. The highest BCUT2D eigenvalue weighted by Crippen LogP contribution is 2.20. The molecule has 0 aliphatic carbocycles. The van der Waals surface area contributed by atoms with Gasteiger partial charge in [0.25, 0.3) is 0 Å². The van der Waals surface area contributed by atoms with E-state index in [1.54, 1.807) is 23.3 Å². The first kappa shape index (κ1) is 12.5. The van der Waals surface area contributed by atoms with Crippen LogP contribution >= 0.6 is 27.3 Å². The maximum Gasteiger partial charge on any atom is 0.317 e. The Kier molecular flexibility index (Phi) is 5.11. The zero-order valence-electron chi connectivity index (χ0n) is 8.92. The Balaban J connectivity index is 2.41. The fourth-order valence-electron chi connectivity index (χ4n) is 1.11. The summed E-state index contributed by atoms with van der Waals surface area (Å²) in [5.41, 5.74) is 0. The first-order valence-electron chi connectivity index (χ1n) is 4.85. The van der Waals surface area contributed by atoms with Crippen LogP contribution in [0.1, 0.15) is 18.2 Å². The minimum Gasteiger partial charge on any atom is -0.338 e. The van der Waals surface area contributed by atoms with E-state index >= 15 is 0 Å². The third-order valence-electron chi connectivity index (χ3n) is 1.89. The van der Waals surface area contributed by atoms with Gasteiger partial charge in [0.15, 0.2) is 0 Å². The maximum absolute atomic E-state index is 11.5. The molecule has 1 N–H and O–H groups in total. The van der Waals surface area contributed by atoms with Crippen molar-refractivity contribution in [2.75, 3.05) is 13.6 Å². The average Bonchev–Trinajstić information content (AvgIpc) is 2.60. The van der Waals surface area contributed by atoms with E-state index in [1.165, 1.54) is 4.88 Å². The number of thiophene rings is 1. The quantitative estimate of drug-likeness (QED) is 0.908.